The van der Waals surface area contributed by atoms with Crippen molar-refractivity contribution >= 4 is 69.2 Å². The van der Waals surface area contributed by atoms with E-state index in [4.69, 9.17) is 29.2 Å². The van der Waals surface area contributed by atoms with Gasteiger partial charge in [0.15, 0.2) is 0 Å². The highest BCUT2D eigenvalue weighted by molar-refractivity contribution is 6.08. The van der Waals surface area contributed by atoms with E-state index in [0.717, 1.165) is 117 Å². The Hall–Kier alpha value is -11.7. The molecule has 0 saturated carbocycles. The van der Waals surface area contributed by atoms with E-state index in [0.29, 0.717) is 179 Å². The lowest BCUT2D eigenvalue weighted by molar-refractivity contribution is 0.0958. The fourth-order valence-electron chi connectivity index (χ4n) is 17.3. The van der Waals surface area contributed by atoms with Gasteiger partial charge in [-0.15, -0.1) is 0 Å². The van der Waals surface area contributed by atoms with Crippen LogP contribution in [0.1, 0.15) is 144 Å². The van der Waals surface area contributed by atoms with E-state index >= 15 is 0 Å². The summed E-state index contributed by atoms with van der Waals surface area (Å²) in [7, 11) is 0. The van der Waals surface area contributed by atoms with Gasteiger partial charge in [-0.05, 0) is 133 Å². The van der Waals surface area contributed by atoms with E-state index in [9.17, 15) is 45.1 Å². The van der Waals surface area contributed by atoms with Gasteiger partial charge in [-0.2, -0.15) is 0 Å². The van der Waals surface area contributed by atoms with E-state index in [1.54, 1.807) is 41.6 Å². The average Bonchev–Trinajstić information content (AvgIpc) is 1.60. The third-order valence-corrected chi connectivity index (χ3v) is 23.1. The first-order chi connectivity index (χ1) is 56.5. The van der Waals surface area contributed by atoms with Gasteiger partial charge >= 0.3 is 0 Å². The van der Waals surface area contributed by atoms with Crippen molar-refractivity contribution in [1.82, 2.24) is 68.9 Å². The molecule has 116 heavy (non-hydrogen) atoms. The van der Waals surface area contributed by atoms with Crippen LogP contribution in [0.15, 0.2) is 146 Å². The molecule has 0 radical (unpaired) electrons. The summed E-state index contributed by atoms with van der Waals surface area (Å²) in [6, 6.07) is 31.5. The number of halogens is 7. The number of carbonyl (C=O) groups is 3. The number of ether oxygens (including phenoxy) is 3. The second-order valence-electron chi connectivity index (χ2n) is 30.5. The number of fused-ring (bicyclic) bond motifs is 6. The maximum atomic E-state index is 13.9. The molecule has 5 atom stereocenters. The predicted octanol–water partition coefficient (Wildman–Crippen LogP) is 14.8. The molecule has 30 heteroatoms. The molecule has 0 aliphatic carbocycles. The Bertz CT molecular complexity index is 5550. The van der Waals surface area contributed by atoms with Crippen molar-refractivity contribution in [2.75, 3.05) is 81.8 Å². The highest BCUT2D eigenvalue weighted by Gasteiger charge is 2.35. The van der Waals surface area contributed by atoms with Gasteiger partial charge in [0.25, 0.3) is 17.7 Å². The Morgan fingerprint density at radius 3 is 1.13 bits per heavy atom. The predicted molar refractivity (Wildman–Crippen MR) is 421 cm³/mol. The summed E-state index contributed by atoms with van der Waals surface area (Å²) in [4.78, 5) is 70.7. The zero-order chi connectivity index (χ0) is 79.2. The number of pyridine rings is 6. The maximum absolute atomic E-state index is 13.9. The van der Waals surface area contributed by atoms with Crippen molar-refractivity contribution in [2.24, 2.45) is 0 Å². The van der Waals surface area contributed by atoms with Crippen LogP contribution >= 0.6 is 0 Å². The Morgan fingerprint density at radius 2 is 0.802 bits per heavy atom. The third-order valence-electron chi connectivity index (χ3n) is 23.1. The number of rotatable bonds is 20. The van der Waals surface area contributed by atoms with Gasteiger partial charge in [0.05, 0.1) is 101 Å². The molecular formula is C86H82F7N17O6. The van der Waals surface area contributed by atoms with Crippen LogP contribution in [0.2, 0.25) is 0 Å². The minimum absolute atomic E-state index is 0.166. The number of benzene rings is 3. The number of hydrogen-bond acceptors (Lipinski definition) is 17. The average molecular weight is 1580 g/mol. The zero-order valence-electron chi connectivity index (χ0n) is 63.1. The summed E-state index contributed by atoms with van der Waals surface area (Å²) in [6.07, 6.45) is 10.5. The molecule has 23 nitrogen and oxygen atoms in total. The Balaban J connectivity index is 0.000000120. The van der Waals surface area contributed by atoms with E-state index in [-0.39, 0.29) is 59.3 Å². The number of alkyl halides is 4. The molecule has 596 valence electrons. The van der Waals surface area contributed by atoms with E-state index in [1.165, 1.54) is 36.4 Å². The molecule has 12 aromatic rings. The summed E-state index contributed by atoms with van der Waals surface area (Å²) >= 11 is 0. The highest BCUT2D eigenvalue weighted by Crippen LogP contribution is 2.42. The van der Waals surface area contributed by atoms with E-state index in [1.807, 2.05) is 69.5 Å². The smallest absolute Gasteiger partial charge is 0.254 e. The molecule has 5 saturated heterocycles. The molecule has 3 amide bonds. The minimum atomic E-state index is -2.35. The number of aryl methyl sites for hydroxylation is 1. The number of nitrogens with zero attached hydrogens (tertiary/aromatic N) is 11. The van der Waals surface area contributed by atoms with Crippen LogP contribution < -0.4 is 31.9 Å². The van der Waals surface area contributed by atoms with Crippen LogP contribution in [-0.2, 0) is 53.4 Å². The van der Waals surface area contributed by atoms with Crippen molar-refractivity contribution in [1.29, 1.82) is 0 Å². The number of likely N-dealkylation sites (tertiary alicyclic amines) is 2. The molecule has 0 spiro atoms. The summed E-state index contributed by atoms with van der Waals surface area (Å²) in [6.45, 7) is 8.61. The van der Waals surface area contributed by atoms with E-state index < -0.39 is 18.8 Å². The standard InChI is InChI=1S/2C29H28F2N6O2.C28H26F3N5O2/c2*30-18-6-9-37-25(13-32-27(37)11-18)21-1-3-23(28-22(21)12-33-29(28)38)34-26-4-2-20(17-7-10-39-16-17)24(35-26)15-36-8-5-19(31)14-36;29-17-8-10-36-23(14-32-26(36)12-17)19-4-6-22(27-20(19)13-33-28(27)37)35-25-7-5-18(16-9-11-38-15-16)21(34-25)2-1-3-24(30)31/h2*1-4,6,9,11,13,17,19H,5,7-8,10,12,14-16H2,(H,33,38)(H,34,35);4-8,10,12,14,16,24H,1-3,9,11,13,15H2,(H,33,37)(H,34,35)/t17-,19+;17-,19-;16-/m011/s1. The third kappa shape index (κ3) is 15.5. The van der Waals surface area contributed by atoms with Gasteiger partial charge in [-0.3, -0.25) is 37.4 Å². The molecule has 0 unspecified atom stereocenters. The number of amides is 3. The molecular weight excluding hydrogens is 1500 g/mol. The molecule has 3 aromatic carbocycles. The van der Waals surface area contributed by atoms with Crippen LogP contribution in [0.25, 0.3) is 50.7 Å². The topological polar surface area (TPSA) is 248 Å². The number of nitrogens with one attached hydrogen (secondary N) is 6. The van der Waals surface area contributed by atoms with Gasteiger partial charge in [-0.25, -0.2) is 60.6 Å². The second kappa shape index (κ2) is 32.5. The monoisotopic (exact) mass is 1580 g/mol. The normalized spacial score (nSPS) is 19.7. The van der Waals surface area contributed by atoms with Gasteiger partial charge in [0, 0.05) is 162 Å². The fourth-order valence-corrected chi connectivity index (χ4v) is 17.3. The molecule has 6 N–H and O–H groups in total. The van der Waals surface area contributed by atoms with Crippen LogP contribution in [0.5, 0.6) is 0 Å². The quantitative estimate of drug-likeness (QED) is 0.0388. The van der Waals surface area contributed by atoms with Gasteiger partial charge < -0.3 is 46.1 Å². The number of carbonyl (C=O) groups excluding carboxylic acids is 3. The van der Waals surface area contributed by atoms with Gasteiger partial charge in [0.1, 0.15) is 64.2 Å². The number of aromatic nitrogens is 9. The summed E-state index contributed by atoms with van der Waals surface area (Å²) < 4.78 is 117. The molecule has 5 fully saturated rings. The van der Waals surface area contributed by atoms with Crippen molar-refractivity contribution < 1.29 is 59.3 Å². The lowest BCUT2D eigenvalue weighted by Crippen LogP contribution is -2.23. The van der Waals surface area contributed by atoms with Crippen molar-refractivity contribution in [3.05, 3.63) is 231 Å². The van der Waals surface area contributed by atoms with Gasteiger partial charge in [0.2, 0.25) is 6.43 Å². The van der Waals surface area contributed by atoms with E-state index in [2.05, 4.69) is 68.8 Å². The Morgan fingerprint density at radius 1 is 0.448 bits per heavy atom. The first kappa shape index (κ1) is 75.6. The molecule has 8 aliphatic heterocycles. The molecule has 9 aromatic heterocycles. The Kier molecular flexibility index (Phi) is 21.2. The SMILES string of the molecule is O=C1NCc2c(-c3cnc4cc(F)ccn34)ccc(Nc3ccc([C@@H]4CCOC4)c(CCCC(F)F)n3)c21.O=C1NCc2c(-c3cnc4cc(F)ccn34)ccc(Nc3ccc([C@@H]4CCOC4)c(CN4CC[C@@H](F)C4)n3)c21.O=C1NCc2c(-c3cnc4cc(F)ccn34)ccc(Nc3ccc([C@H]4CCOC4)c(CN4CC[C@@H](F)C4)n3)c21. The number of imidazole rings is 3. The van der Waals surface area contributed by atoms with Gasteiger partial charge in [-0.1, -0.05) is 36.4 Å². The van der Waals surface area contributed by atoms with Crippen LogP contribution in [-0.4, -0.2) is 155 Å². The molecule has 0 bridgehead atoms. The molecule has 8 aliphatic rings. The van der Waals surface area contributed by atoms with Crippen molar-refractivity contribution in [3.8, 4) is 33.8 Å². The summed E-state index contributed by atoms with van der Waals surface area (Å²) in [5.41, 5.74) is 18.3. The molecule has 17 heterocycles. The highest BCUT2D eigenvalue weighted by atomic mass is 19.3. The van der Waals surface area contributed by atoms with Crippen LogP contribution in [0.3, 0.4) is 0 Å². The van der Waals surface area contributed by atoms with Crippen LogP contribution in [0.4, 0.5) is 65.2 Å². The zero-order valence-corrected chi connectivity index (χ0v) is 63.1. The first-order valence-electron chi connectivity index (χ1n) is 39.3. The fraction of sp³-hybridized carbons (Fsp3) is 0.337. The first-order valence-corrected chi connectivity index (χ1v) is 39.3. The Labute approximate surface area is 661 Å². The minimum Gasteiger partial charge on any atom is -0.381 e. The van der Waals surface area contributed by atoms with Crippen LogP contribution in [0, 0.1) is 17.5 Å². The summed E-state index contributed by atoms with van der Waals surface area (Å²) in [5.74, 6) is 0.934. The number of hydrogen-bond donors (Lipinski definition) is 6. The lowest BCUT2D eigenvalue weighted by atomic mass is 9.94. The van der Waals surface area contributed by atoms with Crippen molar-refractivity contribution in [2.45, 2.75) is 121 Å². The second-order valence-corrected chi connectivity index (χ2v) is 30.5. The lowest BCUT2D eigenvalue weighted by Gasteiger charge is -2.20. The number of anilines is 6. The maximum Gasteiger partial charge on any atom is 0.254 e. The summed E-state index contributed by atoms with van der Waals surface area (Å²) in [5, 5.41) is 18.8. The molecule has 20 rings (SSSR count). The van der Waals surface area contributed by atoms with Crippen molar-refractivity contribution in [3.63, 3.8) is 0 Å². The largest absolute Gasteiger partial charge is 0.381 e.